The molecule has 0 saturated heterocycles. The highest BCUT2D eigenvalue weighted by Crippen LogP contribution is 2.33. The minimum atomic E-state index is -0.413. The lowest BCUT2D eigenvalue weighted by atomic mass is 10.2. The van der Waals surface area contributed by atoms with Gasteiger partial charge in [0.1, 0.15) is 5.75 Å². The topological polar surface area (TPSA) is 118 Å². The van der Waals surface area contributed by atoms with E-state index in [0.717, 1.165) is 0 Å². The summed E-state index contributed by atoms with van der Waals surface area (Å²) in [6, 6.07) is 3.33. The Labute approximate surface area is 144 Å². The van der Waals surface area contributed by atoms with E-state index in [2.05, 4.69) is 20.7 Å². The molecule has 2 aromatic rings. The van der Waals surface area contributed by atoms with Gasteiger partial charge in [0.15, 0.2) is 11.5 Å². The molecule has 25 heavy (non-hydrogen) atoms. The van der Waals surface area contributed by atoms with Crippen LogP contribution < -0.4 is 25.2 Å². The summed E-state index contributed by atoms with van der Waals surface area (Å²) in [4.78, 5) is 23.5. The summed E-state index contributed by atoms with van der Waals surface area (Å²) in [5.74, 6) is 1.12. The SMILES string of the molecule is COc1cc(OC)c(OC)cc1/C=N/NC(=O)Cc1c(C)[nH][nH]c1=O. The van der Waals surface area contributed by atoms with Crippen LogP contribution in [0.5, 0.6) is 17.2 Å². The predicted molar refractivity (Wildman–Crippen MR) is 91.7 cm³/mol. The van der Waals surface area contributed by atoms with Crippen molar-refractivity contribution >= 4 is 12.1 Å². The molecule has 0 unspecified atom stereocenters. The van der Waals surface area contributed by atoms with Crippen LogP contribution in [-0.4, -0.2) is 43.6 Å². The number of hydrogen-bond acceptors (Lipinski definition) is 6. The van der Waals surface area contributed by atoms with Gasteiger partial charge in [-0.3, -0.25) is 14.7 Å². The molecule has 3 N–H and O–H groups in total. The fourth-order valence-electron chi connectivity index (χ4n) is 2.21. The van der Waals surface area contributed by atoms with Crippen LogP contribution in [0.15, 0.2) is 22.0 Å². The first-order valence-electron chi connectivity index (χ1n) is 7.38. The Morgan fingerprint density at radius 3 is 2.32 bits per heavy atom. The van der Waals surface area contributed by atoms with E-state index >= 15 is 0 Å². The highest BCUT2D eigenvalue weighted by Gasteiger charge is 2.12. The van der Waals surface area contributed by atoms with Crippen molar-refractivity contribution in [1.29, 1.82) is 0 Å². The Balaban J connectivity index is 2.11. The molecule has 0 aliphatic rings. The maximum atomic E-state index is 11.9. The van der Waals surface area contributed by atoms with Crippen LogP contribution >= 0.6 is 0 Å². The van der Waals surface area contributed by atoms with Gasteiger partial charge in [0, 0.05) is 22.9 Å². The van der Waals surface area contributed by atoms with E-state index in [1.165, 1.54) is 27.5 Å². The zero-order chi connectivity index (χ0) is 18.4. The number of amides is 1. The molecule has 1 aromatic carbocycles. The number of aromatic nitrogens is 2. The second-order valence-corrected chi connectivity index (χ2v) is 5.10. The quantitative estimate of drug-likeness (QED) is 0.504. The molecule has 9 nitrogen and oxygen atoms in total. The summed E-state index contributed by atoms with van der Waals surface area (Å²) in [5.41, 5.74) is 3.64. The van der Waals surface area contributed by atoms with Crippen molar-refractivity contribution in [3.05, 3.63) is 39.3 Å². The molecule has 0 aliphatic carbocycles. The van der Waals surface area contributed by atoms with E-state index in [0.29, 0.717) is 34.1 Å². The molecule has 1 aromatic heterocycles. The van der Waals surface area contributed by atoms with Gasteiger partial charge in [0.25, 0.3) is 5.56 Å². The molecule has 0 fully saturated rings. The molecule has 0 saturated carbocycles. The van der Waals surface area contributed by atoms with Gasteiger partial charge in [-0.2, -0.15) is 5.10 Å². The third kappa shape index (κ3) is 4.19. The van der Waals surface area contributed by atoms with Gasteiger partial charge in [0.05, 0.1) is 34.0 Å². The number of aryl methyl sites for hydroxylation is 1. The zero-order valence-corrected chi connectivity index (χ0v) is 14.4. The number of nitrogens with zero attached hydrogens (tertiary/aromatic N) is 1. The van der Waals surface area contributed by atoms with Gasteiger partial charge in [-0.05, 0) is 13.0 Å². The van der Waals surface area contributed by atoms with Gasteiger partial charge < -0.3 is 19.3 Å². The molecular weight excluding hydrogens is 328 g/mol. The number of methoxy groups -OCH3 is 3. The summed E-state index contributed by atoms with van der Waals surface area (Å²) in [5, 5.41) is 8.98. The standard InChI is InChI=1S/C16H20N4O5/c1-9-11(16(22)20-18-9)6-15(21)19-17-8-10-5-13(24-3)14(25-4)7-12(10)23-2/h5,7-8H,6H2,1-4H3,(H,19,21)(H2,18,20,22)/b17-8+. The van der Waals surface area contributed by atoms with Crippen LogP contribution in [0.25, 0.3) is 0 Å². The molecule has 2 rings (SSSR count). The maximum Gasteiger partial charge on any atom is 0.267 e. The lowest BCUT2D eigenvalue weighted by Crippen LogP contribution is -2.23. The van der Waals surface area contributed by atoms with E-state index in [4.69, 9.17) is 14.2 Å². The molecule has 9 heteroatoms. The molecule has 0 spiro atoms. The number of carbonyl (C=O) groups excluding carboxylic acids is 1. The third-order valence-corrected chi connectivity index (χ3v) is 3.56. The zero-order valence-electron chi connectivity index (χ0n) is 14.4. The van der Waals surface area contributed by atoms with Gasteiger partial charge in [-0.15, -0.1) is 0 Å². The van der Waals surface area contributed by atoms with Gasteiger partial charge in [-0.25, -0.2) is 5.43 Å². The first kappa shape index (κ1) is 18.1. The van der Waals surface area contributed by atoms with E-state index in [-0.39, 0.29) is 12.0 Å². The van der Waals surface area contributed by atoms with Crippen molar-refractivity contribution in [2.24, 2.45) is 5.10 Å². The molecule has 1 heterocycles. The van der Waals surface area contributed by atoms with Crippen LogP contribution in [0.3, 0.4) is 0 Å². The van der Waals surface area contributed by atoms with E-state index in [1.54, 1.807) is 19.1 Å². The van der Waals surface area contributed by atoms with Crippen molar-refractivity contribution < 1.29 is 19.0 Å². The number of aromatic amines is 2. The van der Waals surface area contributed by atoms with Gasteiger partial charge in [0.2, 0.25) is 5.91 Å². The summed E-state index contributed by atoms with van der Waals surface area (Å²) >= 11 is 0. The number of hydrogen-bond donors (Lipinski definition) is 3. The summed E-state index contributed by atoms with van der Waals surface area (Å²) < 4.78 is 15.7. The minimum absolute atomic E-state index is 0.0783. The number of benzene rings is 1. The van der Waals surface area contributed by atoms with Crippen molar-refractivity contribution in [2.75, 3.05) is 21.3 Å². The fourth-order valence-corrected chi connectivity index (χ4v) is 2.21. The van der Waals surface area contributed by atoms with Gasteiger partial charge in [-0.1, -0.05) is 0 Å². The average molecular weight is 348 g/mol. The number of H-pyrrole nitrogens is 2. The molecule has 1 amide bonds. The van der Waals surface area contributed by atoms with Crippen molar-refractivity contribution in [2.45, 2.75) is 13.3 Å². The third-order valence-electron chi connectivity index (χ3n) is 3.56. The van der Waals surface area contributed by atoms with Gasteiger partial charge >= 0.3 is 0 Å². The fraction of sp³-hybridized carbons (Fsp3) is 0.312. The lowest BCUT2D eigenvalue weighted by molar-refractivity contribution is -0.120. The number of carbonyl (C=O) groups is 1. The first-order chi connectivity index (χ1) is 12.0. The number of rotatable bonds is 7. The smallest absolute Gasteiger partial charge is 0.267 e. The number of ether oxygens (including phenoxy) is 3. The molecule has 0 bridgehead atoms. The molecule has 0 atom stereocenters. The normalized spacial score (nSPS) is 10.7. The maximum absolute atomic E-state index is 11.9. The molecule has 0 radical (unpaired) electrons. The number of nitrogens with one attached hydrogen (secondary N) is 3. The second kappa shape index (κ2) is 8.04. The minimum Gasteiger partial charge on any atom is -0.496 e. The average Bonchev–Trinajstić information content (AvgIpc) is 2.93. The Bertz CT molecular complexity index is 838. The Morgan fingerprint density at radius 2 is 1.76 bits per heavy atom. The Kier molecular flexibility index (Phi) is 5.83. The predicted octanol–water partition coefficient (Wildman–Crippen LogP) is 0.730. The lowest BCUT2D eigenvalue weighted by Gasteiger charge is -2.11. The van der Waals surface area contributed by atoms with E-state index in [9.17, 15) is 9.59 Å². The Morgan fingerprint density at radius 1 is 1.12 bits per heavy atom. The Hall–Kier alpha value is -3.23. The van der Waals surface area contributed by atoms with Crippen LogP contribution in [0.2, 0.25) is 0 Å². The van der Waals surface area contributed by atoms with Crippen molar-refractivity contribution in [3.63, 3.8) is 0 Å². The van der Waals surface area contributed by atoms with Crippen LogP contribution in [0.1, 0.15) is 16.8 Å². The summed E-state index contributed by atoms with van der Waals surface area (Å²) in [7, 11) is 4.55. The monoisotopic (exact) mass is 348 g/mol. The van der Waals surface area contributed by atoms with Crippen LogP contribution in [0.4, 0.5) is 0 Å². The van der Waals surface area contributed by atoms with Crippen LogP contribution in [-0.2, 0) is 11.2 Å². The second-order valence-electron chi connectivity index (χ2n) is 5.10. The van der Waals surface area contributed by atoms with Crippen molar-refractivity contribution in [1.82, 2.24) is 15.6 Å². The van der Waals surface area contributed by atoms with E-state index < -0.39 is 5.91 Å². The van der Waals surface area contributed by atoms with Crippen LogP contribution in [0, 0.1) is 6.92 Å². The number of hydrazone groups is 1. The highest BCUT2D eigenvalue weighted by atomic mass is 16.5. The molecular formula is C16H20N4O5. The van der Waals surface area contributed by atoms with E-state index in [1.807, 2.05) is 0 Å². The molecule has 0 aliphatic heterocycles. The molecule has 134 valence electrons. The summed E-state index contributed by atoms with van der Waals surface area (Å²) in [6.45, 7) is 1.71. The van der Waals surface area contributed by atoms with Crippen molar-refractivity contribution in [3.8, 4) is 17.2 Å². The summed E-state index contributed by atoms with van der Waals surface area (Å²) in [6.07, 6.45) is 1.35. The highest BCUT2D eigenvalue weighted by molar-refractivity contribution is 5.87. The largest absolute Gasteiger partial charge is 0.496 e. The first-order valence-corrected chi connectivity index (χ1v) is 7.38.